The third-order valence-corrected chi connectivity index (χ3v) is 2.24. The van der Waals surface area contributed by atoms with Gasteiger partial charge in [-0.3, -0.25) is 4.98 Å². The summed E-state index contributed by atoms with van der Waals surface area (Å²) in [7, 11) is 0. The van der Waals surface area contributed by atoms with E-state index in [1.165, 1.54) is 0 Å². The van der Waals surface area contributed by atoms with Crippen molar-refractivity contribution in [3.8, 4) is 0 Å². The van der Waals surface area contributed by atoms with Crippen molar-refractivity contribution in [3.05, 3.63) is 29.0 Å². The van der Waals surface area contributed by atoms with E-state index >= 15 is 0 Å². The number of halogens is 1. The molecule has 5 heteroatoms. The van der Waals surface area contributed by atoms with Crippen molar-refractivity contribution in [3.63, 3.8) is 0 Å². The normalized spacial score (nSPS) is 11.0. The molecule has 1 N–H and O–H groups in total. The molecule has 1 heterocycles. The number of aromatic nitrogens is 1. The lowest BCUT2D eigenvalue weighted by molar-refractivity contribution is 0.0336. The molecule has 0 radical (unpaired) electrons. The van der Waals surface area contributed by atoms with E-state index in [2.05, 4.69) is 10.3 Å². The summed E-state index contributed by atoms with van der Waals surface area (Å²) < 4.78 is 5.25. The second-order valence-electron chi connectivity index (χ2n) is 3.79. The molecule has 0 aliphatic heterocycles. The third-order valence-electron chi connectivity index (χ3n) is 2.01. The number of ether oxygens (including phenoxy) is 1. The van der Waals surface area contributed by atoms with Crippen LogP contribution in [0.5, 0.6) is 0 Å². The lowest BCUT2D eigenvalue weighted by Gasteiger charge is -2.24. The zero-order valence-corrected chi connectivity index (χ0v) is 10.3. The van der Waals surface area contributed by atoms with Crippen LogP contribution >= 0.6 is 11.6 Å². The Bertz CT molecular complexity index is 380. The molecule has 4 nitrogen and oxygen atoms in total. The van der Waals surface area contributed by atoms with Crippen molar-refractivity contribution in [2.45, 2.75) is 26.4 Å². The quantitative estimate of drug-likeness (QED) is 0.887. The van der Waals surface area contributed by atoms with Crippen molar-refractivity contribution in [1.82, 2.24) is 10.3 Å². The van der Waals surface area contributed by atoms with Gasteiger partial charge in [-0.25, -0.2) is 4.79 Å². The van der Waals surface area contributed by atoms with Gasteiger partial charge in [-0.2, -0.15) is 0 Å². The number of alkyl carbamates (subject to hydrolysis) is 1. The highest BCUT2D eigenvalue weighted by atomic mass is 35.5. The van der Waals surface area contributed by atoms with Gasteiger partial charge < -0.3 is 10.1 Å². The molecule has 1 aromatic heterocycles. The van der Waals surface area contributed by atoms with Crippen LogP contribution in [0.2, 0.25) is 5.02 Å². The Morgan fingerprint density at radius 1 is 1.62 bits per heavy atom. The minimum atomic E-state index is -0.801. The van der Waals surface area contributed by atoms with Gasteiger partial charge in [-0.15, -0.1) is 0 Å². The average molecular weight is 243 g/mol. The molecule has 0 aromatic carbocycles. The van der Waals surface area contributed by atoms with Crippen molar-refractivity contribution >= 4 is 17.7 Å². The fourth-order valence-electron chi connectivity index (χ4n) is 1.20. The molecule has 0 aliphatic carbocycles. The average Bonchev–Trinajstić information content (AvgIpc) is 2.17. The molecule has 0 aliphatic rings. The Morgan fingerprint density at radius 3 is 2.88 bits per heavy atom. The van der Waals surface area contributed by atoms with Gasteiger partial charge in [0.2, 0.25) is 0 Å². The summed E-state index contributed by atoms with van der Waals surface area (Å²) in [5, 5.41) is 3.13. The summed E-state index contributed by atoms with van der Waals surface area (Å²) in [6.45, 7) is 5.88. The van der Waals surface area contributed by atoms with E-state index in [-0.39, 0.29) is 0 Å². The van der Waals surface area contributed by atoms with Gasteiger partial charge in [0.25, 0.3) is 0 Å². The Hall–Kier alpha value is -1.29. The first-order chi connectivity index (χ1) is 7.45. The van der Waals surface area contributed by atoms with Crippen LogP contribution in [0.3, 0.4) is 0 Å². The van der Waals surface area contributed by atoms with Gasteiger partial charge >= 0.3 is 6.09 Å². The zero-order valence-electron chi connectivity index (χ0n) is 9.58. The largest absolute Gasteiger partial charge is 0.437 e. The molecular formula is C11H15ClN2O2. The summed E-state index contributed by atoms with van der Waals surface area (Å²) >= 11 is 5.85. The SMILES string of the molecule is CCNC(=O)OC(C)(C)c1cc(Cl)ccn1. The van der Waals surface area contributed by atoms with E-state index in [0.717, 1.165) is 0 Å². The molecule has 16 heavy (non-hydrogen) atoms. The number of carbonyl (C=O) groups excluding carboxylic acids is 1. The second-order valence-corrected chi connectivity index (χ2v) is 4.23. The molecule has 0 saturated heterocycles. The predicted octanol–water partition coefficient (Wildman–Crippen LogP) is 2.72. The topological polar surface area (TPSA) is 51.2 Å². The van der Waals surface area contributed by atoms with Gasteiger partial charge in [0.15, 0.2) is 5.60 Å². The monoisotopic (exact) mass is 242 g/mol. The molecule has 0 atom stereocenters. The molecule has 0 unspecified atom stereocenters. The molecule has 0 fully saturated rings. The third kappa shape index (κ3) is 3.38. The summed E-state index contributed by atoms with van der Waals surface area (Å²) in [5.74, 6) is 0. The highest BCUT2D eigenvalue weighted by Crippen LogP contribution is 2.24. The van der Waals surface area contributed by atoms with E-state index < -0.39 is 11.7 Å². The number of carbonyl (C=O) groups is 1. The molecule has 1 amide bonds. The van der Waals surface area contributed by atoms with Crippen LogP contribution < -0.4 is 5.32 Å². The van der Waals surface area contributed by atoms with E-state index in [9.17, 15) is 4.79 Å². The highest BCUT2D eigenvalue weighted by molar-refractivity contribution is 6.30. The van der Waals surface area contributed by atoms with E-state index in [1.807, 2.05) is 6.92 Å². The lowest BCUT2D eigenvalue weighted by Crippen LogP contribution is -2.33. The predicted molar refractivity (Wildman–Crippen MR) is 62.4 cm³/mol. The molecule has 1 rings (SSSR count). The molecule has 88 valence electrons. The Balaban J connectivity index is 2.81. The Labute approximate surface area is 100.0 Å². The maximum atomic E-state index is 11.3. The fraction of sp³-hybridized carbons (Fsp3) is 0.455. The summed E-state index contributed by atoms with van der Waals surface area (Å²) in [5.41, 5.74) is -0.185. The van der Waals surface area contributed by atoms with Gasteiger partial charge in [0.1, 0.15) is 0 Å². The molecular weight excluding hydrogens is 228 g/mol. The van der Waals surface area contributed by atoms with Gasteiger partial charge in [-0.1, -0.05) is 11.6 Å². The van der Waals surface area contributed by atoms with E-state index in [0.29, 0.717) is 17.3 Å². The fourth-order valence-corrected chi connectivity index (χ4v) is 1.36. The standard InChI is InChI=1S/C11H15ClN2O2/c1-4-13-10(15)16-11(2,3)9-7-8(12)5-6-14-9/h5-7H,4H2,1-3H3,(H,13,15). The van der Waals surface area contributed by atoms with Crippen LogP contribution in [-0.2, 0) is 10.3 Å². The van der Waals surface area contributed by atoms with Crippen LogP contribution in [-0.4, -0.2) is 17.6 Å². The smallest absolute Gasteiger partial charge is 0.408 e. The van der Waals surface area contributed by atoms with Gasteiger partial charge in [-0.05, 0) is 32.9 Å². The van der Waals surface area contributed by atoms with Crippen LogP contribution in [0, 0.1) is 0 Å². The number of hydrogen-bond donors (Lipinski definition) is 1. The maximum Gasteiger partial charge on any atom is 0.408 e. The first-order valence-electron chi connectivity index (χ1n) is 5.04. The van der Waals surface area contributed by atoms with Crippen molar-refractivity contribution in [1.29, 1.82) is 0 Å². The number of rotatable bonds is 3. The number of nitrogens with one attached hydrogen (secondary N) is 1. The first kappa shape index (κ1) is 12.8. The minimum Gasteiger partial charge on any atom is -0.437 e. The molecule has 0 spiro atoms. The van der Waals surface area contributed by atoms with E-state index in [4.69, 9.17) is 16.3 Å². The Kier molecular flexibility index (Phi) is 4.12. The van der Waals surface area contributed by atoms with Gasteiger partial charge in [0, 0.05) is 17.8 Å². The summed E-state index contributed by atoms with van der Waals surface area (Å²) in [4.78, 5) is 15.5. The van der Waals surface area contributed by atoms with Gasteiger partial charge in [0.05, 0.1) is 5.69 Å². The van der Waals surface area contributed by atoms with E-state index in [1.54, 1.807) is 32.2 Å². The maximum absolute atomic E-state index is 11.3. The number of pyridine rings is 1. The highest BCUT2D eigenvalue weighted by Gasteiger charge is 2.26. The number of hydrogen-bond acceptors (Lipinski definition) is 3. The molecule has 0 saturated carbocycles. The molecule has 0 bridgehead atoms. The Morgan fingerprint density at radius 2 is 2.31 bits per heavy atom. The van der Waals surface area contributed by atoms with Crippen LogP contribution in [0.4, 0.5) is 4.79 Å². The second kappa shape index (κ2) is 5.16. The minimum absolute atomic E-state index is 0.464. The lowest BCUT2D eigenvalue weighted by atomic mass is 10.0. The van der Waals surface area contributed by atoms with Crippen molar-refractivity contribution in [2.24, 2.45) is 0 Å². The summed E-state index contributed by atoms with van der Waals surface area (Å²) in [6.07, 6.45) is 1.12. The number of nitrogens with zero attached hydrogens (tertiary/aromatic N) is 1. The van der Waals surface area contributed by atoms with Crippen LogP contribution in [0.25, 0.3) is 0 Å². The number of amides is 1. The van der Waals surface area contributed by atoms with Crippen LogP contribution in [0.1, 0.15) is 26.5 Å². The molecule has 1 aromatic rings. The van der Waals surface area contributed by atoms with Crippen LogP contribution in [0.15, 0.2) is 18.3 Å². The van der Waals surface area contributed by atoms with Crippen molar-refractivity contribution < 1.29 is 9.53 Å². The van der Waals surface area contributed by atoms with Crippen molar-refractivity contribution in [2.75, 3.05) is 6.54 Å². The first-order valence-corrected chi connectivity index (χ1v) is 5.42. The summed E-state index contributed by atoms with van der Waals surface area (Å²) in [6, 6.07) is 3.36. The zero-order chi connectivity index (χ0) is 12.2.